The molecule has 0 spiro atoms. The van der Waals surface area contributed by atoms with Gasteiger partial charge in [-0.05, 0) is 12.1 Å². The van der Waals surface area contributed by atoms with Gasteiger partial charge in [-0.1, -0.05) is 13.0 Å². The largest absolute Gasteiger partial charge is 0.394 e. The van der Waals surface area contributed by atoms with Crippen molar-refractivity contribution in [2.45, 2.75) is 37.4 Å². The summed E-state index contributed by atoms with van der Waals surface area (Å²) in [6.45, 7) is 2.14. The monoisotopic (exact) mass is 401 g/mol. The number of aromatic nitrogens is 5. The van der Waals surface area contributed by atoms with Crippen LogP contribution < -0.4 is 11.1 Å². The second kappa shape index (κ2) is 7.87. The van der Waals surface area contributed by atoms with Gasteiger partial charge < -0.3 is 31.1 Å². The fourth-order valence-electron chi connectivity index (χ4n) is 3.33. The highest BCUT2D eigenvalue weighted by Crippen LogP contribution is 2.32. The SMILES string of the molecule is CC(CNc1nc(N)c2ncn([C@@H]3O[C@H](CO)[C@@H](O)[C@H]3O)c2n1)c1ccccn1. The summed E-state index contributed by atoms with van der Waals surface area (Å²) in [6.07, 6.45) is -1.17. The molecule has 0 saturated carbocycles. The first-order valence-electron chi connectivity index (χ1n) is 9.27. The molecule has 11 heteroatoms. The Balaban J connectivity index is 1.59. The van der Waals surface area contributed by atoms with Crippen LogP contribution in [0.4, 0.5) is 11.8 Å². The van der Waals surface area contributed by atoms with Gasteiger partial charge in [0, 0.05) is 24.4 Å². The fraction of sp³-hybridized carbons (Fsp3) is 0.444. The van der Waals surface area contributed by atoms with E-state index in [1.807, 2.05) is 25.1 Å². The van der Waals surface area contributed by atoms with Gasteiger partial charge in [0.05, 0.1) is 12.9 Å². The van der Waals surface area contributed by atoms with Crippen LogP contribution in [-0.2, 0) is 4.74 Å². The number of nitrogens with one attached hydrogen (secondary N) is 1. The van der Waals surface area contributed by atoms with Crippen LogP contribution in [0.1, 0.15) is 24.8 Å². The molecule has 6 N–H and O–H groups in total. The number of aliphatic hydroxyl groups excluding tert-OH is 3. The Morgan fingerprint density at radius 3 is 2.76 bits per heavy atom. The standard InChI is InChI=1S/C18H23N7O4/c1-9(10-4-2-3-5-20-10)6-21-18-23-15(19)12-16(24-18)25(8-22-12)17-14(28)13(27)11(7-26)29-17/h2-5,8-9,11,13-14,17,26-28H,6-7H2,1H3,(H3,19,21,23,24)/t9?,11-,13-,14-,17-/m1/s1. The minimum absolute atomic E-state index is 0.113. The maximum absolute atomic E-state index is 10.3. The lowest BCUT2D eigenvalue weighted by Gasteiger charge is -2.17. The topological polar surface area (TPSA) is 164 Å². The first-order valence-corrected chi connectivity index (χ1v) is 9.27. The van der Waals surface area contributed by atoms with Crippen LogP contribution in [0.2, 0.25) is 0 Å². The van der Waals surface area contributed by atoms with Crippen molar-refractivity contribution in [1.29, 1.82) is 0 Å². The number of aliphatic hydroxyl groups is 3. The summed E-state index contributed by atoms with van der Waals surface area (Å²) in [5.41, 5.74) is 7.67. The number of imidazole rings is 1. The molecule has 4 heterocycles. The van der Waals surface area contributed by atoms with E-state index in [4.69, 9.17) is 10.5 Å². The van der Waals surface area contributed by atoms with E-state index in [0.717, 1.165) is 5.69 Å². The minimum atomic E-state index is -1.25. The van der Waals surface area contributed by atoms with Gasteiger partial charge in [0.1, 0.15) is 23.8 Å². The molecule has 0 bridgehead atoms. The lowest BCUT2D eigenvalue weighted by Crippen LogP contribution is -2.33. The van der Waals surface area contributed by atoms with Crippen molar-refractivity contribution in [3.8, 4) is 0 Å². The number of nitrogen functional groups attached to an aromatic ring is 1. The zero-order chi connectivity index (χ0) is 20.5. The van der Waals surface area contributed by atoms with Crippen molar-refractivity contribution >= 4 is 22.9 Å². The number of anilines is 2. The molecular formula is C18H23N7O4. The van der Waals surface area contributed by atoms with Crippen LogP contribution >= 0.6 is 0 Å². The average molecular weight is 401 g/mol. The highest BCUT2D eigenvalue weighted by atomic mass is 16.6. The Bertz CT molecular complexity index is 983. The Hall–Kier alpha value is -2.86. The average Bonchev–Trinajstić information content (AvgIpc) is 3.28. The normalized spacial score (nSPS) is 25.4. The highest BCUT2D eigenvalue weighted by Gasteiger charge is 2.44. The van der Waals surface area contributed by atoms with Crippen LogP contribution in [0, 0.1) is 0 Å². The second-order valence-electron chi connectivity index (χ2n) is 7.02. The molecule has 0 aliphatic carbocycles. The lowest BCUT2D eigenvalue weighted by molar-refractivity contribution is -0.0511. The van der Waals surface area contributed by atoms with Crippen molar-refractivity contribution in [3.05, 3.63) is 36.4 Å². The maximum atomic E-state index is 10.3. The van der Waals surface area contributed by atoms with Gasteiger partial charge in [-0.2, -0.15) is 9.97 Å². The van der Waals surface area contributed by atoms with Gasteiger partial charge in [-0.15, -0.1) is 0 Å². The number of fused-ring (bicyclic) bond motifs is 1. The molecule has 1 unspecified atom stereocenters. The lowest BCUT2D eigenvalue weighted by atomic mass is 10.1. The van der Waals surface area contributed by atoms with Crippen LogP contribution in [0.5, 0.6) is 0 Å². The van der Waals surface area contributed by atoms with Crippen LogP contribution in [0.25, 0.3) is 11.2 Å². The predicted molar refractivity (Wildman–Crippen MR) is 104 cm³/mol. The van der Waals surface area contributed by atoms with Gasteiger partial charge in [-0.25, -0.2) is 4.98 Å². The molecule has 0 amide bonds. The number of nitrogens with zero attached hydrogens (tertiary/aromatic N) is 5. The van der Waals surface area contributed by atoms with E-state index in [2.05, 4.69) is 25.3 Å². The number of pyridine rings is 1. The van der Waals surface area contributed by atoms with E-state index in [9.17, 15) is 15.3 Å². The molecule has 0 radical (unpaired) electrons. The highest BCUT2D eigenvalue weighted by molar-refractivity contribution is 5.83. The van der Waals surface area contributed by atoms with Crippen molar-refractivity contribution in [2.24, 2.45) is 0 Å². The maximum Gasteiger partial charge on any atom is 0.226 e. The molecule has 29 heavy (non-hydrogen) atoms. The number of ether oxygens (including phenoxy) is 1. The first-order chi connectivity index (χ1) is 14.0. The summed E-state index contributed by atoms with van der Waals surface area (Å²) in [4.78, 5) is 17.2. The van der Waals surface area contributed by atoms with Crippen molar-refractivity contribution in [1.82, 2.24) is 24.5 Å². The molecule has 5 atom stereocenters. The van der Waals surface area contributed by atoms with Gasteiger partial charge in [-0.3, -0.25) is 9.55 Å². The Morgan fingerprint density at radius 1 is 1.24 bits per heavy atom. The van der Waals surface area contributed by atoms with E-state index in [1.165, 1.54) is 10.9 Å². The number of rotatable bonds is 6. The summed E-state index contributed by atoms with van der Waals surface area (Å²) < 4.78 is 7.04. The summed E-state index contributed by atoms with van der Waals surface area (Å²) in [5, 5.41) is 32.8. The third-order valence-electron chi connectivity index (χ3n) is 5.00. The number of hydrogen-bond donors (Lipinski definition) is 5. The zero-order valence-corrected chi connectivity index (χ0v) is 15.8. The Labute approximate surface area is 166 Å². The molecule has 4 rings (SSSR count). The molecule has 11 nitrogen and oxygen atoms in total. The van der Waals surface area contributed by atoms with Gasteiger partial charge in [0.15, 0.2) is 17.7 Å². The van der Waals surface area contributed by atoms with Crippen molar-refractivity contribution in [2.75, 3.05) is 24.2 Å². The molecule has 1 aliphatic rings. The van der Waals surface area contributed by atoms with E-state index < -0.39 is 31.1 Å². The van der Waals surface area contributed by atoms with Crippen molar-refractivity contribution < 1.29 is 20.1 Å². The molecule has 0 aromatic carbocycles. The van der Waals surface area contributed by atoms with Crippen LogP contribution in [0.3, 0.4) is 0 Å². The predicted octanol–water partition coefficient (Wildman–Crippen LogP) is -0.369. The molecule has 154 valence electrons. The van der Waals surface area contributed by atoms with Gasteiger partial charge >= 0.3 is 0 Å². The van der Waals surface area contributed by atoms with E-state index in [0.29, 0.717) is 23.7 Å². The molecule has 3 aromatic heterocycles. The third kappa shape index (κ3) is 3.60. The summed E-state index contributed by atoms with van der Waals surface area (Å²) in [7, 11) is 0. The molecule has 1 aliphatic heterocycles. The summed E-state index contributed by atoms with van der Waals surface area (Å²) in [6, 6.07) is 5.74. The van der Waals surface area contributed by atoms with E-state index in [1.54, 1.807) is 6.20 Å². The van der Waals surface area contributed by atoms with E-state index in [-0.39, 0.29) is 11.7 Å². The quantitative estimate of drug-likeness (QED) is 0.368. The van der Waals surface area contributed by atoms with Gasteiger partial charge in [0.25, 0.3) is 0 Å². The molecular weight excluding hydrogens is 378 g/mol. The van der Waals surface area contributed by atoms with Gasteiger partial charge in [0.2, 0.25) is 5.95 Å². The number of nitrogens with two attached hydrogens (primary N) is 1. The van der Waals surface area contributed by atoms with E-state index >= 15 is 0 Å². The zero-order valence-electron chi connectivity index (χ0n) is 15.8. The second-order valence-corrected chi connectivity index (χ2v) is 7.02. The summed E-state index contributed by atoms with van der Waals surface area (Å²) >= 11 is 0. The van der Waals surface area contributed by atoms with Crippen LogP contribution in [-0.4, -0.2) is 71.3 Å². The minimum Gasteiger partial charge on any atom is -0.394 e. The summed E-state index contributed by atoms with van der Waals surface area (Å²) in [5.74, 6) is 0.585. The fourth-order valence-corrected chi connectivity index (χ4v) is 3.33. The molecule has 1 fully saturated rings. The molecule has 3 aromatic rings. The molecule has 1 saturated heterocycles. The first kappa shape index (κ1) is 19.5. The number of hydrogen-bond acceptors (Lipinski definition) is 10. The smallest absolute Gasteiger partial charge is 0.226 e. The Morgan fingerprint density at radius 2 is 2.07 bits per heavy atom. The Kier molecular flexibility index (Phi) is 5.28. The third-order valence-corrected chi connectivity index (χ3v) is 5.00. The van der Waals surface area contributed by atoms with Crippen molar-refractivity contribution in [3.63, 3.8) is 0 Å². The van der Waals surface area contributed by atoms with Crippen LogP contribution in [0.15, 0.2) is 30.7 Å².